The van der Waals surface area contributed by atoms with E-state index in [1.165, 1.54) is 18.6 Å². The second-order valence-corrected chi connectivity index (χ2v) is 4.57. The minimum Gasteiger partial charge on any atom is -0.493 e. The number of hydrogen-bond acceptors (Lipinski definition) is 4. The number of nitro groups is 1. The SMILES string of the molecule is COc1c(C=C(C)[N+](=O)[O-])cc2c(c1OC)CCC2. The molecule has 5 heteroatoms. The summed E-state index contributed by atoms with van der Waals surface area (Å²) in [5, 5.41) is 10.8. The number of fused-ring (bicyclic) bond motifs is 1. The fourth-order valence-electron chi connectivity index (χ4n) is 2.52. The molecule has 1 aliphatic carbocycles. The van der Waals surface area contributed by atoms with Crippen molar-refractivity contribution in [3.63, 3.8) is 0 Å². The number of nitrogens with zero attached hydrogens (tertiary/aromatic N) is 1. The van der Waals surface area contributed by atoms with Gasteiger partial charge in [-0.1, -0.05) is 0 Å². The van der Waals surface area contributed by atoms with E-state index in [1.807, 2.05) is 6.07 Å². The first kappa shape index (κ1) is 13.4. The first-order chi connectivity index (χ1) is 9.08. The van der Waals surface area contributed by atoms with Crippen LogP contribution in [0.25, 0.3) is 6.08 Å². The Morgan fingerprint density at radius 2 is 2.00 bits per heavy atom. The van der Waals surface area contributed by atoms with Crippen molar-refractivity contribution in [3.8, 4) is 11.5 Å². The lowest BCUT2D eigenvalue weighted by Gasteiger charge is -2.15. The lowest BCUT2D eigenvalue weighted by atomic mass is 10.0. The molecule has 0 amide bonds. The van der Waals surface area contributed by atoms with Crippen LogP contribution in [0, 0.1) is 10.1 Å². The minimum absolute atomic E-state index is 0.0818. The second kappa shape index (κ2) is 5.30. The van der Waals surface area contributed by atoms with E-state index in [1.54, 1.807) is 14.2 Å². The van der Waals surface area contributed by atoms with Crippen molar-refractivity contribution in [2.75, 3.05) is 14.2 Å². The number of benzene rings is 1. The molecule has 0 unspecified atom stereocenters. The summed E-state index contributed by atoms with van der Waals surface area (Å²) >= 11 is 0. The van der Waals surface area contributed by atoms with E-state index in [0.29, 0.717) is 17.1 Å². The maximum Gasteiger partial charge on any atom is 0.243 e. The highest BCUT2D eigenvalue weighted by Crippen LogP contribution is 2.41. The van der Waals surface area contributed by atoms with Crippen molar-refractivity contribution in [2.45, 2.75) is 26.2 Å². The molecule has 0 N–H and O–H groups in total. The van der Waals surface area contributed by atoms with Gasteiger partial charge in [-0.25, -0.2) is 0 Å². The Bertz CT molecular complexity index is 549. The van der Waals surface area contributed by atoms with Gasteiger partial charge in [0.1, 0.15) is 0 Å². The maximum absolute atomic E-state index is 10.8. The van der Waals surface area contributed by atoms with Gasteiger partial charge < -0.3 is 9.47 Å². The number of allylic oxidation sites excluding steroid dienone is 1. The summed E-state index contributed by atoms with van der Waals surface area (Å²) in [6, 6.07) is 1.97. The summed E-state index contributed by atoms with van der Waals surface area (Å²) < 4.78 is 10.8. The van der Waals surface area contributed by atoms with Crippen LogP contribution in [0.5, 0.6) is 11.5 Å². The van der Waals surface area contributed by atoms with Gasteiger partial charge in [0.05, 0.1) is 19.1 Å². The average molecular weight is 263 g/mol. The Labute approximate surface area is 112 Å². The number of hydrogen-bond donors (Lipinski definition) is 0. The summed E-state index contributed by atoms with van der Waals surface area (Å²) in [5.41, 5.74) is 3.14. The van der Waals surface area contributed by atoms with E-state index >= 15 is 0 Å². The Morgan fingerprint density at radius 1 is 1.32 bits per heavy atom. The van der Waals surface area contributed by atoms with Gasteiger partial charge in [-0.3, -0.25) is 10.1 Å². The van der Waals surface area contributed by atoms with Crippen LogP contribution < -0.4 is 9.47 Å². The molecule has 0 aromatic heterocycles. The highest BCUT2D eigenvalue weighted by atomic mass is 16.6. The van der Waals surface area contributed by atoms with Crippen LogP contribution in [-0.2, 0) is 12.8 Å². The normalized spacial score (nSPS) is 14.2. The molecule has 0 aliphatic heterocycles. The topological polar surface area (TPSA) is 61.6 Å². The summed E-state index contributed by atoms with van der Waals surface area (Å²) in [6.07, 6.45) is 4.55. The number of methoxy groups -OCH3 is 2. The smallest absolute Gasteiger partial charge is 0.243 e. The highest BCUT2D eigenvalue weighted by molar-refractivity contribution is 5.68. The lowest BCUT2D eigenvalue weighted by molar-refractivity contribution is -0.422. The Hall–Kier alpha value is -2.04. The minimum atomic E-state index is -0.404. The Kier molecular flexibility index (Phi) is 3.74. The van der Waals surface area contributed by atoms with Crippen molar-refractivity contribution < 1.29 is 14.4 Å². The standard InChI is InChI=1S/C14H17NO4/c1-9(15(16)17)7-11-8-10-5-4-6-12(10)14(19-3)13(11)18-2/h7-8H,4-6H2,1-3H3. The van der Waals surface area contributed by atoms with Gasteiger partial charge in [-0.2, -0.15) is 0 Å². The van der Waals surface area contributed by atoms with Crippen LogP contribution >= 0.6 is 0 Å². The molecule has 0 radical (unpaired) electrons. The molecule has 1 aromatic rings. The molecule has 0 spiro atoms. The molecule has 1 aliphatic rings. The number of rotatable bonds is 4. The quantitative estimate of drug-likeness (QED) is 0.619. The molecule has 0 saturated carbocycles. The summed E-state index contributed by atoms with van der Waals surface area (Å²) in [5.74, 6) is 1.28. The lowest BCUT2D eigenvalue weighted by Crippen LogP contribution is -2.00. The first-order valence-electron chi connectivity index (χ1n) is 6.18. The van der Waals surface area contributed by atoms with Gasteiger partial charge in [0.2, 0.25) is 5.70 Å². The second-order valence-electron chi connectivity index (χ2n) is 4.57. The van der Waals surface area contributed by atoms with Crippen molar-refractivity contribution in [1.29, 1.82) is 0 Å². The third-order valence-electron chi connectivity index (χ3n) is 3.39. The van der Waals surface area contributed by atoms with Crippen LogP contribution in [-0.4, -0.2) is 19.1 Å². The Morgan fingerprint density at radius 3 is 2.58 bits per heavy atom. The Balaban J connectivity index is 2.61. The summed E-state index contributed by atoms with van der Waals surface area (Å²) in [6.45, 7) is 1.47. The van der Waals surface area contributed by atoms with Crippen molar-refractivity contribution in [1.82, 2.24) is 0 Å². The van der Waals surface area contributed by atoms with E-state index in [0.717, 1.165) is 24.8 Å². The third kappa shape index (κ3) is 2.41. The molecular formula is C14H17NO4. The molecule has 5 nitrogen and oxygen atoms in total. The molecule has 0 atom stereocenters. The predicted molar refractivity (Wildman–Crippen MR) is 72.2 cm³/mol. The van der Waals surface area contributed by atoms with Crippen molar-refractivity contribution in [2.24, 2.45) is 0 Å². The predicted octanol–water partition coefficient (Wildman–Crippen LogP) is 2.83. The van der Waals surface area contributed by atoms with Crippen molar-refractivity contribution in [3.05, 3.63) is 38.6 Å². The van der Waals surface area contributed by atoms with E-state index in [4.69, 9.17) is 9.47 Å². The summed E-state index contributed by atoms with van der Waals surface area (Å²) in [4.78, 5) is 10.4. The molecule has 0 fully saturated rings. The zero-order chi connectivity index (χ0) is 14.0. The van der Waals surface area contributed by atoms with Crippen LogP contribution in [0.15, 0.2) is 11.8 Å². The zero-order valence-electron chi connectivity index (χ0n) is 11.4. The monoisotopic (exact) mass is 263 g/mol. The van der Waals surface area contributed by atoms with E-state index in [-0.39, 0.29) is 5.70 Å². The van der Waals surface area contributed by atoms with Gasteiger partial charge in [0.15, 0.2) is 11.5 Å². The van der Waals surface area contributed by atoms with Crippen LogP contribution in [0.3, 0.4) is 0 Å². The first-order valence-corrected chi connectivity index (χ1v) is 6.18. The molecule has 0 saturated heterocycles. The molecule has 2 rings (SSSR count). The van der Waals surface area contributed by atoms with E-state index < -0.39 is 4.92 Å². The van der Waals surface area contributed by atoms with Gasteiger partial charge in [0.25, 0.3) is 0 Å². The largest absolute Gasteiger partial charge is 0.493 e. The van der Waals surface area contributed by atoms with Crippen LogP contribution in [0.1, 0.15) is 30.0 Å². The molecule has 1 aromatic carbocycles. The fourth-order valence-corrected chi connectivity index (χ4v) is 2.52. The third-order valence-corrected chi connectivity index (χ3v) is 3.39. The maximum atomic E-state index is 10.8. The van der Waals surface area contributed by atoms with Gasteiger partial charge in [-0.05, 0) is 30.9 Å². The van der Waals surface area contributed by atoms with Crippen LogP contribution in [0.2, 0.25) is 0 Å². The highest BCUT2D eigenvalue weighted by Gasteiger charge is 2.22. The molecule has 0 bridgehead atoms. The molecular weight excluding hydrogens is 246 g/mol. The zero-order valence-corrected chi connectivity index (χ0v) is 11.4. The van der Waals surface area contributed by atoms with Gasteiger partial charge in [0, 0.05) is 24.1 Å². The molecule has 0 heterocycles. The average Bonchev–Trinajstić information content (AvgIpc) is 2.84. The van der Waals surface area contributed by atoms with Crippen molar-refractivity contribution >= 4 is 6.08 Å². The van der Waals surface area contributed by atoms with Gasteiger partial charge >= 0.3 is 0 Å². The molecule has 102 valence electrons. The van der Waals surface area contributed by atoms with E-state index in [2.05, 4.69) is 0 Å². The number of ether oxygens (including phenoxy) is 2. The van der Waals surface area contributed by atoms with Crippen LogP contribution in [0.4, 0.5) is 0 Å². The van der Waals surface area contributed by atoms with E-state index in [9.17, 15) is 10.1 Å². The summed E-state index contributed by atoms with van der Waals surface area (Å²) in [7, 11) is 3.16. The number of aryl methyl sites for hydroxylation is 1. The fraction of sp³-hybridized carbons (Fsp3) is 0.429. The van der Waals surface area contributed by atoms with Gasteiger partial charge in [-0.15, -0.1) is 0 Å². The molecule has 19 heavy (non-hydrogen) atoms.